The van der Waals surface area contributed by atoms with Gasteiger partial charge in [0.15, 0.2) is 0 Å². The van der Waals surface area contributed by atoms with Gasteiger partial charge >= 0.3 is 0 Å². The van der Waals surface area contributed by atoms with Gasteiger partial charge in [-0.2, -0.15) is 0 Å². The summed E-state index contributed by atoms with van der Waals surface area (Å²) in [7, 11) is 0. The summed E-state index contributed by atoms with van der Waals surface area (Å²) >= 11 is 7.45. The largest absolute Gasteiger partial charge is 0.494 e. The lowest BCUT2D eigenvalue weighted by Crippen LogP contribution is -2.10. The lowest BCUT2D eigenvalue weighted by molar-refractivity contribution is 0.103. The Hall–Kier alpha value is -2.11. The first-order valence-electron chi connectivity index (χ1n) is 8.00. The van der Waals surface area contributed by atoms with Crippen LogP contribution in [0.4, 0.5) is 10.1 Å². The molecule has 1 N–H and O–H groups in total. The molecule has 0 saturated heterocycles. The summed E-state index contributed by atoms with van der Waals surface area (Å²) in [4.78, 5) is 12.8. The molecule has 2 aromatic carbocycles. The van der Waals surface area contributed by atoms with Gasteiger partial charge in [-0.15, -0.1) is 11.3 Å². The van der Waals surface area contributed by atoms with Crippen LogP contribution in [-0.2, 0) is 0 Å². The Labute approximate surface area is 154 Å². The number of unbranched alkanes of at least 4 members (excludes halogenated alkanes) is 1. The fraction of sp³-hybridized carbons (Fsp3) is 0.211. The number of hydrogen-bond acceptors (Lipinski definition) is 3. The highest BCUT2D eigenvalue weighted by molar-refractivity contribution is 7.21. The highest BCUT2D eigenvalue weighted by Crippen LogP contribution is 2.36. The molecule has 6 heteroatoms. The van der Waals surface area contributed by atoms with Crippen molar-refractivity contribution in [1.29, 1.82) is 0 Å². The monoisotopic (exact) mass is 377 g/mol. The minimum Gasteiger partial charge on any atom is -0.494 e. The van der Waals surface area contributed by atoms with Crippen LogP contribution in [0.3, 0.4) is 0 Å². The zero-order valence-electron chi connectivity index (χ0n) is 13.6. The summed E-state index contributed by atoms with van der Waals surface area (Å²) in [6.45, 7) is 2.78. The summed E-state index contributed by atoms with van der Waals surface area (Å²) in [6, 6.07) is 11.5. The van der Waals surface area contributed by atoms with Gasteiger partial charge < -0.3 is 10.1 Å². The number of carbonyl (C=O) groups excluding carboxylic acids is 1. The third-order valence-electron chi connectivity index (χ3n) is 3.68. The van der Waals surface area contributed by atoms with Crippen LogP contribution < -0.4 is 10.1 Å². The van der Waals surface area contributed by atoms with Gasteiger partial charge in [-0.05, 0) is 48.9 Å². The van der Waals surface area contributed by atoms with Crippen molar-refractivity contribution in [3.8, 4) is 5.75 Å². The summed E-state index contributed by atoms with van der Waals surface area (Å²) in [5.74, 6) is 0.101. The molecule has 1 heterocycles. The first-order valence-corrected chi connectivity index (χ1v) is 9.19. The number of thiophene rings is 1. The van der Waals surface area contributed by atoms with Crippen LogP contribution >= 0.6 is 22.9 Å². The molecule has 0 radical (unpaired) electrons. The average molecular weight is 378 g/mol. The molecule has 0 unspecified atom stereocenters. The summed E-state index contributed by atoms with van der Waals surface area (Å²) in [5.41, 5.74) is 0.646. The van der Waals surface area contributed by atoms with Crippen molar-refractivity contribution in [3.63, 3.8) is 0 Å². The Morgan fingerprint density at radius 3 is 2.72 bits per heavy atom. The van der Waals surface area contributed by atoms with E-state index in [1.807, 2.05) is 12.1 Å². The number of anilines is 1. The third-order valence-corrected chi connectivity index (χ3v) is 5.33. The molecule has 0 fully saturated rings. The highest BCUT2D eigenvalue weighted by Gasteiger charge is 2.17. The second-order valence-corrected chi connectivity index (χ2v) is 7.00. The van der Waals surface area contributed by atoms with Gasteiger partial charge in [0.25, 0.3) is 5.91 Å². The van der Waals surface area contributed by atoms with Gasteiger partial charge in [0.2, 0.25) is 0 Å². The van der Waals surface area contributed by atoms with E-state index >= 15 is 0 Å². The Bertz CT molecular complexity index is 892. The molecule has 1 amide bonds. The summed E-state index contributed by atoms with van der Waals surface area (Å²) in [6.07, 6.45) is 2.08. The van der Waals surface area contributed by atoms with Gasteiger partial charge in [-0.1, -0.05) is 24.9 Å². The number of fused-ring (bicyclic) bond motifs is 1. The number of halogens is 2. The Kier molecular flexibility index (Phi) is 5.56. The molecule has 0 aliphatic carbocycles. The second-order valence-electron chi connectivity index (χ2n) is 5.57. The highest BCUT2D eigenvalue weighted by atomic mass is 35.5. The van der Waals surface area contributed by atoms with Gasteiger partial charge in [-0.25, -0.2) is 4.39 Å². The van der Waals surface area contributed by atoms with E-state index in [9.17, 15) is 9.18 Å². The Morgan fingerprint density at radius 2 is 2.00 bits per heavy atom. The molecule has 130 valence electrons. The van der Waals surface area contributed by atoms with Gasteiger partial charge in [0.1, 0.15) is 16.4 Å². The number of ether oxygens (including phenoxy) is 1. The lowest BCUT2D eigenvalue weighted by atomic mass is 10.2. The molecular formula is C19H17ClFNO2S. The molecule has 3 aromatic rings. The van der Waals surface area contributed by atoms with Crippen molar-refractivity contribution in [2.45, 2.75) is 19.8 Å². The van der Waals surface area contributed by atoms with Gasteiger partial charge in [0, 0.05) is 15.8 Å². The van der Waals surface area contributed by atoms with Crippen LogP contribution in [0.15, 0.2) is 42.5 Å². The number of rotatable bonds is 6. The maximum atomic E-state index is 13.3. The number of amides is 1. The predicted molar refractivity (Wildman–Crippen MR) is 102 cm³/mol. The SMILES string of the molecule is CCCCOc1ccc(NC(=O)c2sc3cc(F)ccc3c2Cl)cc1. The standard InChI is InChI=1S/C19H17ClFNO2S/c1-2-3-10-24-14-7-5-13(6-8-14)22-19(23)18-17(20)15-9-4-12(21)11-16(15)25-18/h4-9,11H,2-3,10H2,1H3,(H,22,23). The number of nitrogens with one attached hydrogen (secondary N) is 1. The van der Waals surface area contributed by atoms with Crippen LogP contribution in [0.1, 0.15) is 29.4 Å². The fourth-order valence-corrected chi connectivity index (χ4v) is 3.78. The van der Waals surface area contributed by atoms with E-state index in [2.05, 4.69) is 12.2 Å². The molecule has 0 spiro atoms. The minimum atomic E-state index is -0.351. The molecule has 0 aliphatic rings. The third kappa shape index (κ3) is 4.11. The average Bonchev–Trinajstić information content (AvgIpc) is 2.93. The normalized spacial score (nSPS) is 10.8. The van der Waals surface area contributed by atoms with Crippen molar-refractivity contribution >= 4 is 44.6 Å². The summed E-state index contributed by atoms with van der Waals surface area (Å²) < 4.78 is 19.6. The molecule has 0 atom stereocenters. The van der Waals surface area contributed by atoms with E-state index in [1.54, 1.807) is 18.2 Å². The van der Waals surface area contributed by atoms with Crippen LogP contribution in [0.5, 0.6) is 5.75 Å². The van der Waals surface area contributed by atoms with E-state index in [-0.39, 0.29) is 11.7 Å². The number of carbonyl (C=O) groups is 1. The van der Waals surface area contributed by atoms with Crippen molar-refractivity contribution in [2.75, 3.05) is 11.9 Å². The fourth-order valence-electron chi connectivity index (χ4n) is 2.34. The maximum Gasteiger partial charge on any atom is 0.267 e. The molecule has 3 nitrogen and oxygen atoms in total. The molecule has 0 bridgehead atoms. The van der Waals surface area contributed by atoms with Crippen LogP contribution in [0.25, 0.3) is 10.1 Å². The molecule has 0 aliphatic heterocycles. The zero-order chi connectivity index (χ0) is 17.8. The van der Waals surface area contributed by atoms with Crippen molar-refractivity contribution < 1.29 is 13.9 Å². The van der Waals surface area contributed by atoms with Crippen LogP contribution in [0.2, 0.25) is 5.02 Å². The lowest BCUT2D eigenvalue weighted by Gasteiger charge is -2.07. The van der Waals surface area contributed by atoms with Crippen molar-refractivity contribution in [2.24, 2.45) is 0 Å². The Morgan fingerprint density at radius 1 is 1.24 bits per heavy atom. The van der Waals surface area contributed by atoms with Crippen LogP contribution in [0, 0.1) is 5.82 Å². The number of hydrogen-bond donors (Lipinski definition) is 1. The van der Waals surface area contributed by atoms with Crippen molar-refractivity contribution in [3.05, 3.63) is 58.2 Å². The van der Waals surface area contributed by atoms with E-state index in [4.69, 9.17) is 16.3 Å². The van der Waals surface area contributed by atoms with E-state index in [1.165, 1.54) is 23.5 Å². The van der Waals surface area contributed by atoms with Crippen LogP contribution in [-0.4, -0.2) is 12.5 Å². The van der Waals surface area contributed by atoms with E-state index in [0.29, 0.717) is 32.3 Å². The Balaban J connectivity index is 1.73. The maximum absolute atomic E-state index is 13.3. The molecule has 0 saturated carbocycles. The quantitative estimate of drug-likeness (QED) is 0.525. The molecule has 25 heavy (non-hydrogen) atoms. The first kappa shape index (κ1) is 17.7. The van der Waals surface area contributed by atoms with E-state index in [0.717, 1.165) is 18.6 Å². The number of benzene rings is 2. The molecule has 1 aromatic heterocycles. The van der Waals surface area contributed by atoms with Crippen molar-refractivity contribution in [1.82, 2.24) is 0 Å². The smallest absolute Gasteiger partial charge is 0.267 e. The summed E-state index contributed by atoms with van der Waals surface area (Å²) in [5, 5.41) is 3.83. The second kappa shape index (κ2) is 7.85. The molecule has 3 rings (SSSR count). The minimum absolute atomic E-state index is 0.314. The van der Waals surface area contributed by atoms with Gasteiger partial charge in [0.05, 0.1) is 11.6 Å². The topological polar surface area (TPSA) is 38.3 Å². The van der Waals surface area contributed by atoms with Gasteiger partial charge in [-0.3, -0.25) is 4.79 Å². The molecular weight excluding hydrogens is 361 g/mol. The zero-order valence-corrected chi connectivity index (χ0v) is 15.2. The first-order chi connectivity index (χ1) is 12.1. The predicted octanol–water partition coefficient (Wildman–Crippen LogP) is 6.13. The van der Waals surface area contributed by atoms with E-state index < -0.39 is 0 Å².